The molecule has 1 amide bonds. The number of fused-ring (bicyclic) bond motifs is 1. The minimum absolute atomic E-state index is 0.0528. The van der Waals surface area contributed by atoms with Gasteiger partial charge in [0.25, 0.3) is 0 Å². The van der Waals surface area contributed by atoms with Crippen LogP contribution in [0, 0.1) is 5.92 Å². The normalized spacial score (nSPS) is 23.8. The molecular weight excluding hydrogens is 354 g/mol. The molecule has 0 saturated heterocycles. The lowest BCUT2D eigenvalue weighted by molar-refractivity contribution is -0.121. The second kappa shape index (κ2) is 5.38. The van der Waals surface area contributed by atoms with Gasteiger partial charge in [-0.05, 0) is 64.0 Å². The van der Waals surface area contributed by atoms with Gasteiger partial charge in [0.2, 0.25) is 5.91 Å². The smallest absolute Gasteiger partial charge is 0.239 e. The minimum Gasteiger partial charge on any atom is -0.508 e. The summed E-state index contributed by atoms with van der Waals surface area (Å²) >= 11 is 3.56. The molecule has 0 spiro atoms. The van der Waals surface area contributed by atoms with Crippen LogP contribution >= 0.6 is 15.9 Å². The third-order valence-corrected chi connectivity index (χ3v) is 5.99. The fourth-order valence-electron chi connectivity index (χ4n) is 4.32. The fraction of sp³-hybridized carbons (Fsp3) is 0.316. The Labute approximate surface area is 143 Å². The Kier molecular flexibility index (Phi) is 3.45. The molecule has 23 heavy (non-hydrogen) atoms. The lowest BCUT2D eigenvalue weighted by Gasteiger charge is -2.34. The van der Waals surface area contributed by atoms with Gasteiger partial charge in [-0.1, -0.05) is 37.1 Å². The first-order chi connectivity index (χ1) is 11.1. The van der Waals surface area contributed by atoms with Gasteiger partial charge in [-0.3, -0.25) is 4.79 Å². The summed E-state index contributed by atoms with van der Waals surface area (Å²) in [5.41, 5.74) is 2.26. The van der Waals surface area contributed by atoms with Gasteiger partial charge < -0.3 is 10.4 Å². The maximum Gasteiger partial charge on any atom is 0.239 e. The molecule has 1 heterocycles. The number of hydrogen-bond donors (Lipinski definition) is 2. The van der Waals surface area contributed by atoms with Crippen LogP contribution < -0.4 is 5.32 Å². The van der Waals surface area contributed by atoms with Gasteiger partial charge in [0.15, 0.2) is 0 Å². The van der Waals surface area contributed by atoms with Crippen LogP contribution in [0.15, 0.2) is 46.9 Å². The van der Waals surface area contributed by atoms with Gasteiger partial charge in [0, 0.05) is 4.47 Å². The van der Waals surface area contributed by atoms with Gasteiger partial charge in [-0.15, -0.1) is 0 Å². The molecule has 2 aromatic carbocycles. The second-order valence-corrected chi connectivity index (χ2v) is 7.31. The largest absolute Gasteiger partial charge is 0.508 e. The van der Waals surface area contributed by atoms with Gasteiger partial charge in [0.1, 0.15) is 11.2 Å². The Balaban J connectivity index is 1.99. The molecule has 1 saturated carbocycles. The number of phenolic OH excluding ortho intramolecular Hbond substituents is 1. The first kappa shape index (κ1) is 14.8. The van der Waals surface area contributed by atoms with E-state index in [4.69, 9.17) is 0 Å². The molecular formula is C19H18BrNO2. The highest BCUT2D eigenvalue weighted by Crippen LogP contribution is 2.54. The predicted molar refractivity (Wildman–Crippen MR) is 93.6 cm³/mol. The van der Waals surface area contributed by atoms with Crippen molar-refractivity contribution in [3.05, 3.63) is 58.1 Å². The summed E-state index contributed by atoms with van der Waals surface area (Å²) in [7, 11) is 0. The van der Waals surface area contributed by atoms with Crippen LogP contribution in [-0.4, -0.2) is 11.0 Å². The topological polar surface area (TPSA) is 49.3 Å². The zero-order chi connectivity index (χ0) is 16.0. The summed E-state index contributed by atoms with van der Waals surface area (Å²) in [6.45, 7) is 0. The van der Waals surface area contributed by atoms with Gasteiger partial charge >= 0.3 is 0 Å². The van der Waals surface area contributed by atoms with Crippen molar-refractivity contribution in [2.45, 2.75) is 31.1 Å². The van der Waals surface area contributed by atoms with E-state index in [1.165, 1.54) is 12.8 Å². The number of phenols is 1. The molecule has 1 aliphatic carbocycles. The first-order valence-electron chi connectivity index (χ1n) is 8.04. The summed E-state index contributed by atoms with van der Waals surface area (Å²) in [6.07, 6.45) is 4.45. The summed E-state index contributed by atoms with van der Waals surface area (Å²) in [5.74, 6) is 0.572. The number of anilines is 1. The number of amides is 1. The van der Waals surface area contributed by atoms with Crippen LogP contribution in [0.4, 0.5) is 5.69 Å². The maximum atomic E-state index is 13.2. The number of aromatic hydroxyl groups is 1. The molecule has 1 atom stereocenters. The van der Waals surface area contributed by atoms with Crippen molar-refractivity contribution in [1.82, 2.24) is 0 Å². The number of benzene rings is 2. The van der Waals surface area contributed by atoms with Crippen LogP contribution in [0.25, 0.3) is 0 Å². The highest BCUT2D eigenvalue weighted by molar-refractivity contribution is 9.10. The summed E-state index contributed by atoms with van der Waals surface area (Å²) in [6, 6.07) is 13.1. The molecule has 2 aliphatic rings. The van der Waals surface area contributed by atoms with E-state index in [1.54, 1.807) is 12.1 Å². The quantitative estimate of drug-likeness (QED) is 0.811. The Morgan fingerprint density at radius 1 is 1.09 bits per heavy atom. The van der Waals surface area contributed by atoms with E-state index in [2.05, 4.69) is 27.3 Å². The molecule has 4 heteroatoms. The number of carbonyl (C=O) groups is 1. The van der Waals surface area contributed by atoms with Crippen LogP contribution in [0.2, 0.25) is 0 Å². The molecule has 1 fully saturated rings. The highest BCUT2D eigenvalue weighted by atomic mass is 79.9. The standard InChI is InChI=1S/C19H18BrNO2/c20-16-7-3-6-15-17(16)21-18(23)19(15,12-4-1-2-5-12)13-8-10-14(22)11-9-13/h3,6-12,22H,1-2,4-5H2,(H,21,23). The first-order valence-corrected chi connectivity index (χ1v) is 8.83. The van der Waals surface area contributed by atoms with Gasteiger partial charge in [0.05, 0.1) is 5.69 Å². The van der Waals surface area contributed by atoms with E-state index >= 15 is 0 Å². The van der Waals surface area contributed by atoms with E-state index < -0.39 is 5.41 Å². The Morgan fingerprint density at radius 3 is 2.48 bits per heavy atom. The highest BCUT2D eigenvalue weighted by Gasteiger charge is 2.54. The van der Waals surface area contributed by atoms with Crippen LogP contribution in [0.5, 0.6) is 5.75 Å². The molecule has 0 radical (unpaired) electrons. The predicted octanol–water partition coefficient (Wildman–Crippen LogP) is 4.58. The van der Waals surface area contributed by atoms with E-state index in [1.807, 2.05) is 24.3 Å². The van der Waals surface area contributed by atoms with E-state index in [0.717, 1.165) is 34.1 Å². The molecule has 0 bridgehead atoms. The van der Waals surface area contributed by atoms with Gasteiger partial charge in [-0.25, -0.2) is 0 Å². The van der Waals surface area contributed by atoms with Crippen molar-refractivity contribution in [2.24, 2.45) is 5.92 Å². The fourth-order valence-corrected chi connectivity index (χ4v) is 4.79. The minimum atomic E-state index is -0.649. The second-order valence-electron chi connectivity index (χ2n) is 6.45. The number of para-hydroxylation sites is 1. The van der Waals surface area contributed by atoms with Crippen molar-refractivity contribution in [2.75, 3.05) is 5.32 Å². The van der Waals surface area contributed by atoms with E-state index in [9.17, 15) is 9.90 Å². The molecule has 4 rings (SSSR count). The summed E-state index contributed by atoms with van der Waals surface area (Å²) in [4.78, 5) is 13.2. The average molecular weight is 372 g/mol. The molecule has 1 aliphatic heterocycles. The Morgan fingerprint density at radius 2 is 1.78 bits per heavy atom. The molecule has 2 N–H and O–H groups in total. The summed E-state index contributed by atoms with van der Waals surface area (Å²) in [5, 5.41) is 12.7. The van der Waals surface area contributed by atoms with Crippen molar-refractivity contribution in [3.63, 3.8) is 0 Å². The van der Waals surface area contributed by atoms with Crippen LogP contribution in [0.1, 0.15) is 36.8 Å². The molecule has 3 nitrogen and oxygen atoms in total. The number of nitrogens with one attached hydrogen (secondary N) is 1. The van der Waals surface area contributed by atoms with Crippen molar-refractivity contribution in [3.8, 4) is 5.75 Å². The molecule has 1 unspecified atom stereocenters. The van der Waals surface area contributed by atoms with Crippen molar-refractivity contribution < 1.29 is 9.90 Å². The number of carbonyl (C=O) groups excluding carboxylic acids is 1. The zero-order valence-corrected chi connectivity index (χ0v) is 14.3. The SMILES string of the molecule is O=C1Nc2c(Br)cccc2C1(c1ccc(O)cc1)C1CCCC1. The van der Waals surface area contributed by atoms with Crippen LogP contribution in [-0.2, 0) is 10.2 Å². The number of hydrogen-bond acceptors (Lipinski definition) is 2. The van der Waals surface area contributed by atoms with Crippen molar-refractivity contribution >= 4 is 27.5 Å². The lowest BCUT2D eigenvalue weighted by Crippen LogP contribution is -2.42. The molecule has 2 aromatic rings. The molecule has 0 aromatic heterocycles. The van der Waals surface area contributed by atoms with Gasteiger partial charge in [-0.2, -0.15) is 0 Å². The number of halogens is 1. The number of rotatable bonds is 2. The Bertz CT molecular complexity index is 765. The summed E-state index contributed by atoms with van der Waals surface area (Å²) < 4.78 is 0.919. The third-order valence-electron chi connectivity index (χ3n) is 5.33. The van der Waals surface area contributed by atoms with E-state index in [0.29, 0.717) is 5.92 Å². The maximum absolute atomic E-state index is 13.2. The lowest BCUT2D eigenvalue weighted by atomic mass is 9.65. The Hall–Kier alpha value is -1.81. The monoisotopic (exact) mass is 371 g/mol. The average Bonchev–Trinajstić information content (AvgIpc) is 3.16. The third kappa shape index (κ3) is 2.04. The van der Waals surface area contributed by atoms with Crippen LogP contribution in [0.3, 0.4) is 0 Å². The van der Waals surface area contributed by atoms with E-state index in [-0.39, 0.29) is 11.7 Å². The van der Waals surface area contributed by atoms with Crippen molar-refractivity contribution in [1.29, 1.82) is 0 Å². The molecule has 118 valence electrons. The zero-order valence-electron chi connectivity index (χ0n) is 12.7.